The Balaban J connectivity index is 1.58. The zero-order chi connectivity index (χ0) is 17.8. The highest BCUT2D eigenvalue weighted by molar-refractivity contribution is 6.04. The maximum atomic E-state index is 12.4. The predicted molar refractivity (Wildman–Crippen MR) is 87.9 cm³/mol. The first-order valence-electron chi connectivity index (χ1n) is 7.96. The summed E-state index contributed by atoms with van der Waals surface area (Å²) < 4.78 is 10.5. The van der Waals surface area contributed by atoms with Crippen molar-refractivity contribution in [2.45, 2.75) is 25.4 Å². The first-order valence-corrected chi connectivity index (χ1v) is 7.96. The van der Waals surface area contributed by atoms with Gasteiger partial charge in [-0.25, -0.2) is 4.79 Å². The van der Waals surface area contributed by atoms with Crippen LogP contribution in [0.1, 0.15) is 18.4 Å². The molecule has 1 aromatic carbocycles. The molecule has 0 aromatic heterocycles. The van der Waals surface area contributed by atoms with Gasteiger partial charge >= 0.3 is 6.03 Å². The molecular formula is C17H19N3O5. The molecule has 2 heterocycles. The van der Waals surface area contributed by atoms with E-state index in [4.69, 9.17) is 9.47 Å². The van der Waals surface area contributed by atoms with Gasteiger partial charge in [0, 0.05) is 13.0 Å². The fourth-order valence-electron chi connectivity index (χ4n) is 2.69. The number of nitrogens with one attached hydrogen (secondary N) is 2. The molecule has 2 N–H and O–H groups in total. The fourth-order valence-corrected chi connectivity index (χ4v) is 2.69. The second-order valence-corrected chi connectivity index (χ2v) is 5.75. The summed E-state index contributed by atoms with van der Waals surface area (Å²) in [5, 5.41) is 5.26. The van der Waals surface area contributed by atoms with Crippen LogP contribution in [0.3, 0.4) is 0 Å². The first kappa shape index (κ1) is 16.8. The van der Waals surface area contributed by atoms with Crippen molar-refractivity contribution in [1.29, 1.82) is 0 Å². The van der Waals surface area contributed by atoms with E-state index in [1.807, 2.05) is 0 Å². The van der Waals surface area contributed by atoms with Crippen LogP contribution in [-0.2, 0) is 16.1 Å². The van der Waals surface area contributed by atoms with Crippen LogP contribution >= 0.6 is 0 Å². The van der Waals surface area contributed by atoms with Gasteiger partial charge in [0.2, 0.25) is 12.7 Å². The molecule has 8 heteroatoms. The lowest BCUT2D eigenvalue weighted by molar-refractivity contribution is -0.128. The summed E-state index contributed by atoms with van der Waals surface area (Å²) in [5.74, 6) is 0.722. The molecule has 132 valence electrons. The van der Waals surface area contributed by atoms with Gasteiger partial charge in [0.15, 0.2) is 11.5 Å². The molecule has 0 spiro atoms. The third kappa shape index (κ3) is 3.73. The highest BCUT2D eigenvalue weighted by atomic mass is 16.7. The molecule has 0 saturated carbocycles. The molecule has 0 radical (unpaired) electrons. The molecule has 3 rings (SSSR count). The standard InChI is InChI=1S/C17H19N3O5/c1-2-7-18-15(21)6-4-12-16(22)20(17(23)19-12)9-11-3-5-13-14(8-11)25-10-24-13/h2-3,5,8,12H,1,4,6-7,9-10H2,(H,18,21)(H,19,23). The zero-order valence-corrected chi connectivity index (χ0v) is 13.6. The van der Waals surface area contributed by atoms with E-state index in [1.54, 1.807) is 24.3 Å². The quantitative estimate of drug-likeness (QED) is 0.566. The Labute approximate surface area is 144 Å². The molecule has 1 unspecified atom stereocenters. The van der Waals surface area contributed by atoms with Crippen molar-refractivity contribution in [3.05, 3.63) is 36.4 Å². The van der Waals surface area contributed by atoms with Gasteiger partial charge in [0.25, 0.3) is 5.91 Å². The van der Waals surface area contributed by atoms with Crippen molar-refractivity contribution in [3.63, 3.8) is 0 Å². The number of hydrogen-bond acceptors (Lipinski definition) is 5. The number of ether oxygens (including phenoxy) is 2. The number of benzene rings is 1. The number of rotatable bonds is 7. The van der Waals surface area contributed by atoms with E-state index >= 15 is 0 Å². The summed E-state index contributed by atoms with van der Waals surface area (Å²) >= 11 is 0. The molecule has 25 heavy (non-hydrogen) atoms. The topological polar surface area (TPSA) is 97.0 Å². The van der Waals surface area contributed by atoms with E-state index in [0.29, 0.717) is 18.0 Å². The molecule has 1 aromatic rings. The highest BCUT2D eigenvalue weighted by Gasteiger charge is 2.37. The van der Waals surface area contributed by atoms with E-state index in [9.17, 15) is 14.4 Å². The minimum atomic E-state index is -0.684. The van der Waals surface area contributed by atoms with Gasteiger partial charge in [0.05, 0.1) is 6.54 Å². The molecule has 1 fully saturated rings. The van der Waals surface area contributed by atoms with Crippen LogP contribution in [0.2, 0.25) is 0 Å². The normalized spacial score (nSPS) is 18.2. The minimum Gasteiger partial charge on any atom is -0.454 e. The van der Waals surface area contributed by atoms with Gasteiger partial charge in [-0.2, -0.15) is 0 Å². The molecule has 1 saturated heterocycles. The Morgan fingerprint density at radius 2 is 2.16 bits per heavy atom. The van der Waals surface area contributed by atoms with Crippen molar-refractivity contribution < 1.29 is 23.9 Å². The van der Waals surface area contributed by atoms with Gasteiger partial charge in [0.1, 0.15) is 6.04 Å². The number of nitrogens with zero attached hydrogens (tertiary/aromatic N) is 1. The van der Waals surface area contributed by atoms with Crippen molar-refractivity contribution >= 4 is 17.8 Å². The molecule has 0 aliphatic carbocycles. The maximum absolute atomic E-state index is 12.4. The van der Waals surface area contributed by atoms with Crippen LogP contribution in [-0.4, -0.2) is 42.1 Å². The Morgan fingerprint density at radius 1 is 1.36 bits per heavy atom. The number of amides is 4. The highest BCUT2D eigenvalue weighted by Crippen LogP contribution is 2.33. The largest absolute Gasteiger partial charge is 0.454 e. The summed E-state index contributed by atoms with van der Waals surface area (Å²) in [4.78, 5) is 37.2. The Hall–Kier alpha value is -3.03. The maximum Gasteiger partial charge on any atom is 0.325 e. The average molecular weight is 345 g/mol. The monoisotopic (exact) mass is 345 g/mol. The van der Waals surface area contributed by atoms with Gasteiger partial charge in [-0.1, -0.05) is 12.1 Å². The summed E-state index contributed by atoms with van der Waals surface area (Å²) in [6.45, 7) is 4.19. The lowest BCUT2D eigenvalue weighted by Crippen LogP contribution is -2.32. The molecule has 2 aliphatic rings. The van der Waals surface area contributed by atoms with E-state index < -0.39 is 12.1 Å². The molecule has 2 aliphatic heterocycles. The van der Waals surface area contributed by atoms with Gasteiger partial charge in [-0.3, -0.25) is 14.5 Å². The lowest BCUT2D eigenvalue weighted by Gasteiger charge is -2.13. The van der Waals surface area contributed by atoms with Gasteiger partial charge in [-0.05, 0) is 24.1 Å². The molecule has 1 atom stereocenters. The summed E-state index contributed by atoms with van der Waals surface area (Å²) in [6, 6.07) is 4.14. The second-order valence-electron chi connectivity index (χ2n) is 5.75. The average Bonchev–Trinajstić information content (AvgIpc) is 3.17. The van der Waals surface area contributed by atoms with E-state index in [0.717, 1.165) is 10.5 Å². The van der Waals surface area contributed by atoms with Crippen LogP contribution in [0.5, 0.6) is 11.5 Å². The van der Waals surface area contributed by atoms with Crippen LogP contribution in [0.25, 0.3) is 0 Å². The summed E-state index contributed by atoms with van der Waals surface area (Å²) in [5.41, 5.74) is 0.761. The van der Waals surface area contributed by atoms with Crippen LogP contribution < -0.4 is 20.1 Å². The molecule has 8 nitrogen and oxygen atoms in total. The number of carbonyl (C=O) groups excluding carboxylic acids is 3. The van der Waals surface area contributed by atoms with Crippen LogP contribution in [0.15, 0.2) is 30.9 Å². The minimum absolute atomic E-state index is 0.139. The zero-order valence-electron chi connectivity index (χ0n) is 13.6. The van der Waals surface area contributed by atoms with Crippen molar-refractivity contribution in [3.8, 4) is 11.5 Å². The Bertz CT molecular complexity index is 718. The van der Waals surface area contributed by atoms with E-state index in [-0.39, 0.29) is 38.0 Å². The number of fused-ring (bicyclic) bond motifs is 1. The third-order valence-corrected chi connectivity index (χ3v) is 3.99. The van der Waals surface area contributed by atoms with Crippen molar-refractivity contribution in [2.75, 3.05) is 13.3 Å². The summed E-state index contributed by atoms with van der Waals surface area (Å²) in [7, 11) is 0. The first-order chi connectivity index (χ1) is 12.1. The van der Waals surface area contributed by atoms with Gasteiger partial charge in [-0.15, -0.1) is 6.58 Å². The Morgan fingerprint density at radius 3 is 2.96 bits per heavy atom. The number of imide groups is 1. The molecular weight excluding hydrogens is 326 g/mol. The van der Waals surface area contributed by atoms with E-state index in [1.165, 1.54) is 0 Å². The number of hydrogen-bond donors (Lipinski definition) is 2. The number of carbonyl (C=O) groups is 3. The fraction of sp³-hybridized carbons (Fsp3) is 0.353. The van der Waals surface area contributed by atoms with Crippen LogP contribution in [0, 0.1) is 0 Å². The third-order valence-electron chi connectivity index (χ3n) is 3.99. The second kappa shape index (κ2) is 7.25. The van der Waals surface area contributed by atoms with Crippen molar-refractivity contribution in [1.82, 2.24) is 15.5 Å². The predicted octanol–water partition coefficient (Wildman–Crippen LogP) is 0.918. The SMILES string of the molecule is C=CCNC(=O)CCC1NC(=O)N(Cc2ccc3c(c2)OCO3)C1=O. The molecule has 4 amide bonds. The number of urea groups is 1. The lowest BCUT2D eigenvalue weighted by atomic mass is 10.1. The molecule has 0 bridgehead atoms. The van der Waals surface area contributed by atoms with Gasteiger partial charge < -0.3 is 20.1 Å². The van der Waals surface area contributed by atoms with E-state index in [2.05, 4.69) is 17.2 Å². The van der Waals surface area contributed by atoms with Crippen LogP contribution in [0.4, 0.5) is 4.79 Å². The smallest absolute Gasteiger partial charge is 0.325 e. The Kier molecular flexibility index (Phi) is 4.87. The van der Waals surface area contributed by atoms with Crippen molar-refractivity contribution in [2.24, 2.45) is 0 Å². The summed E-state index contributed by atoms with van der Waals surface area (Å²) in [6.07, 6.45) is 1.99.